The monoisotopic (exact) mass is 534 g/mol. The second-order valence-electron chi connectivity index (χ2n) is 11.6. The van der Waals surface area contributed by atoms with Gasteiger partial charge in [-0.3, -0.25) is 4.79 Å². The van der Waals surface area contributed by atoms with Crippen LogP contribution in [0.25, 0.3) is 0 Å². The molecule has 1 saturated carbocycles. The van der Waals surface area contributed by atoms with Crippen LogP contribution in [-0.4, -0.2) is 22.2 Å². The summed E-state index contributed by atoms with van der Waals surface area (Å²) in [6.45, 7) is 4.03. The van der Waals surface area contributed by atoms with Gasteiger partial charge in [-0.1, -0.05) is 67.8 Å². The third kappa shape index (κ3) is 3.32. The number of rotatable bonds is 4. The topological polar surface area (TPSA) is 84.4 Å². The average molecular weight is 535 g/mol. The van der Waals surface area contributed by atoms with Crippen LogP contribution in [0.2, 0.25) is 0 Å². The van der Waals surface area contributed by atoms with E-state index in [0.29, 0.717) is 34.1 Å². The molecule has 2 aliphatic carbocycles. The van der Waals surface area contributed by atoms with Crippen LogP contribution in [0.4, 0.5) is 0 Å². The molecule has 0 bridgehead atoms. The van der Waals surface area contributed by atoms with Gasteiger partial charge in [-0.15, -0.1) is 0 Å². The number of ether oxygens (including phenoxy) is 2. The van der Waals surface area contributed by atoms with Crippen molar-refractivity contribution in [1.29, 1.82) is 0 Å². The highest BCUT2D eigenvalue weighted by molar-refractivity contribution is 5.66. The van der Waals surface area contributed by atoms with Gasteiger partial charge >= 0.3 is 0 Å². The lowest BCUT2D eigenvalue weighted by Crippen LogP contribution is -2.49. The van der Waals surface area contributed by atoms with Crippen LogP contribution in [-0.2, 0) is 11.2 Å². The highest BCUT2D eigenvalue weighted by Gasteiger charge is 2.73. The van der Waals surface area contributed by atoms with Crippen LogP contribution in [0.1, 0.15) is 88.8 Å². The molecule has 7 rings (SSSR count). The first kappa shape index (κ1) is 25.1. The molecule has 0 spiro atoms. The highest BCUT2D eigenvalue weighted by Crippen LogP contribution is 2.68. The number of fused-ring (bicyclic) bond motifs is 5. The van der Waals surface area contributed by atoms with Crippen LogP contribution in [0.5, 0.6) is 11.5 Å². The first-order chi connectivity index (χ1) is 19.4. The number of aryl methyl sites for hydroxylation is 2. The minimum atomic E-state index is -1.69. The third-order valence-electron chi connectivity index (χ3n) is 9.27. The number of aromatic nitrogens is 2. The molecule has 4 aromatic rings. The van der Waals surface area contributed by atoms with Crippen molar-refractivity contribution in [1.82, 2.24) is 9.97 Å². The predicted molar refractivity (Wildman–Crippen MR) is 153 cm³/mol. The lowest BCUT2D eigenvalue weighted by atomic mass is 9.69. The van der Waals surface area contributed by atoms with Gasteiger partial charge in [-0.25, -0.2) is 4.98 Å². The summed E-state index contributed by atoms with van der Waals surface area (Å²) in [5.74, 6) is 1.57. The molecule has 3 aliphatic rings. The van der Waals surface area contributed by atoms with Crippen molar-refractivity contribution >= 4 is 0 Å². The second-order valence-corrected chi connectivity index (χ2v) is 11.6. The summed E-state index contributed by atoms with van der Waals surface area (Å²) in [7, 11) is 1.63. The normalized spacial score (nSPS) is 25.1. The van der Waals surface area contributed by atoms with Gasteiger partial charge in [0.25, 0.3) is 5.56 Å². The summed E-state index contributed by atoms with van der Waals surface area (Å²) in [4.78, 5) is 22.5. The Labute approximate surface area is 234 Å². The van der Waals surface area contributed by atoms with Crippen LogP contribution >= 0.6 is 0 Å². The Morgan fingerprint density at radius 2 is 1.73 bits per heavy atom. The van der Waals surface area contributed by atoms with Crippen molar-refractivity contribution in [3.63, 3.8) is 0 Å². The fourth-order valence-electron chi connectivity index (χ4n) is 7.60. The van der Waals surface area contributed by atoms with Crippen molar-refractivity contribution in [2.45, 2.75) is 69.0 Å². The van der Waals surface area contributed by atoms with E-state index in [1.807, 2.05) is 74.5 Å². The molecule has 2 heterocycles. The Morgan fingerprint density at radius 1 is 1.00 bits per heavy atom. The molecule has 0 radical (unpaired) electrons. The minimum absolute atomic E-state index is 0.169. The predicted octanol–water partition coefficient (Wildman–Crippen LogP) is 6.11. The number of nitrogens with zero attached hydrogens (tertiary/aromatic N) is 1. The van der Waals surface area contributed by atoms with Gasteiger partial charge in [-0.05, 0) is 61.6 Å². The van der Waals surface area contributed by atoms with Crippen molar-refractivity contribution in [2.24, 2.45) is 0 Å². The highest BCUT2D eigenvalue weighted by atomic mass is 16.5. The Kier molecular flexibility index (Phi) is 5.69. The van der Waals surface area contributed by atoms with Crippen LogP contribution in [0.3, 0.4) is 0 Å². The second kappa shape index (κ2) is 9.07. The summed E-state index contributed by atoms with van der Waals surface area (Å²) in [5, 5.41) is 13.3. The van der Waals surface area contributed by atoms with E-state index in [0.717, 1.165) is 47.9 Å². The number of hydrogen-bond acceptors (Lipinski definition) is 5. The lowest BCUT2D eigenvalue weighted by Gasteiger charge is -2.40. The average Bonchev–Trinajstić information content (AvgIpc) is 3.36. The minimum Gasteiger partial charge on any atom is -0.497 e. The molecule has 6 nitrogen and oxygen atoms in total. The number of methoxy groups -OCH3 is 1. The Morgan fingerprint density at radius 3 is 2.42 bits per heavy atom. The van der Waals surface area contributed by atoms with E-state index in [4.69, 9.17) is 14.5 Å². The molecule has 0 saturated heterocycles. The maximum absolute atomic E-state index is 14.2. The first-order valence-electron chi connectivity index (χ1n) is 14.3. The molecule has 6 heteroatoms. The summed E-state index contributed by atoms with van der Waals surface area (Å²) in [6.07, 6.45) is 5.39. The standard InChI is InChI=1S/C34H34N2O4/c1-20-18-21(2)28-26(19-20)40-34(24-14-16-25(39-3)17-15-24)29(22-10-6-4-7-11-22)27-30(33(28,34)38)35-31(36-32(27)37)23-12-8-5-9-13-23/h4,6-7,10-11,14-19,23,29,38H,5,8-9,12-13H2,1-3H3,(H,35,36,37)/t29-,33+,34+/m1/s1. The number of aromatic amines is 1. The van der Waals surface area contributed by atoms with Gasteiger partial charge in [0.2, 0.25) is 0 Å². The van der Waals surface area contributed by atoms with E-state index in [2.05, 4.69) is 11.1 Å². The SMILES string of the molecule is COc1ccc([C@@]23Oc4cc(C)cc(C)c4[C@]2(O)c2nc(C4CCCCC4)[nH]c(=O)c2[C@H]3c2ccccc2)cc1. The summed E-state index contributed by atoms with van der Waals surface area (Å²) in [5.41, 5.74) is 1.91. The van der Waals surface area contributed by atoms with Gasteiger partial charge < -0.3 is 19.6 Å². The lowest BCUT2D eigenvalue weighted by molar-refractivity contribution is -0.0907. The van der Waals surface area contributed by atoms with Gasteiger partial charge in [0.1, 0.15) is 17.3 Å². The van der Waals surface area contributed by atoms with E-state index in [1.54, 1.807) is 7.11 Å². The maximum Gasteiger partial charge on any atom is 0.255 e. The van der Waals surface area contributed by atoms with Crippen LogP contribution < -0.4 is 15.0 Å². The van der Waals surface area contributed by atoms with E-state index in [-0.39, 0.29) is 11.5 Å². The number of benzene rings is 3. The fraction of sp³-hybridized carbons (Fsp3) is 0.353. The third-order valence-corrected chi connectivity index (χ3v) is 9.27. The maximum atomic E-state index is 14.2. The molecule has 0 unspecified atom stereocenters. The number of aliphatic hydroxyl groups is 1. The van der Waals surface area contributed by atoms with Gasteiger partial charge in [0, 0.05) is 17.0 Å². The molecule has 3 aromatic carbocycles. The van der Waals surface area contributed by atoms with Gasteiger partial charge in [0.15, 0.2) is 11.2 Å². The molecule has 1 aliphatic heterocycles. The van der Waals surface area contributed by atoms with Crippen molar-refractivity contribution in [2.75, 3.05) is 7.11 Å². The zero-order valence-corrected chi connectivity index (χ0v) is 23.2. The zero-order chi connectivity index (χ0) is 27.6. The van der Waals surface area contributed by atoms with Crippen molar-refractivity contribution < 1.29 is 14.6 Å². The number of H-pyrrole nitrogens is 1. The summed E-state index contributed by atoms with van der Waals surface area (Å²) < 4.78 is 12.5. The number of hydrogen-bond donors (Lipinski definition) is 2. The molecule has 0 amide bonds. The van der Waals surface area contributed by atoms with Gasteiger partial charge in [-0.2, -0.15) is 0 Å². The quantitative estimate of drug-likeness (QED) is 0.330. The van der Waals surface area contributed by atoms with Crippen molar-refractivity contribution in [3.8, 4) is 11.5 Å². The Hall–Kier alpha value is -3.90. The smallest absolute Gasteiger partial charge is 0.255 e. The largest absolute Gasteiger partial charge is 0.497 e. The molecule has 2 N–H and O–H groups in total. The Bertz CT molecular complexity index is 1660. The van der Waals surface area contributed by atoms with E-state index in [1.165, 1.54) is 6.42 Å². The summed E-state index contributed by atoms with van der Waals surface area (Å²) in [6, 6.07) is 21.6. The molecule has 1 aromatic heterocycles. The van der Waals surface area contributed by atoms with Gasteiger partial charge in [0.05, 0.1) is 24.3 Å². The number of nitrogens with one attached hydrogen (secondary N) is 1. The van der Waals surface area contributed by atoms with Crippen molar-refractivity contribution in [3.05, 3.63) is 122 Å². The molecule has 40 heavy (non-hydrogen) atoms. The molecule has 204 valence electrons. The first-order valence-corrected chi connectivity index (χ1v) is 14.3. The molecular weight excluding hydrogens is 500 g/mol. The molecule has 1 fully saturated rings. The Balaban J connectivity index is 1.59. The molecule has 3 atom stereocenters. The zero-order valence-electron chi connectivity index (χ0n) is 23.2. The fourth-order valence-corrected chi connectivity index (χ4v) is 7.60. The summed E-state index contributed by atoms with van der Waals surface area (Å²) >= 11 is 0. The molecular formula is C34H34N2O4. The van der Waals surface area contributed by atoms with E-state index in [9.17, 15) is 9.90 Å². The van der Waals surface area contributed by atoms with E-state index < -0.39 is 17.1 Å². The van der Waals surface area contributed by atoms with Crippen LogP contribution in [0, 0.1) is 13.8 Å². The van der Waals surface area contributed by atoms with Crippen LogP contribution in [0.15, 0.2) is 71.5 Å². The van der Waals surface area contributed by atoms with E-state index >= 15 is 0 Å².